The largest absolute Gasteiger partial charge is 0.481 e. The van der Waals surface area contributed by atoms with Crippen molar-refractivity contribution in [2.75, 3.05) is 6.54 Å². The molecule has 3 nitrogen and oxygen atoms in total. The lowest BCUT2D eigenvalue weighted by molar-refractivity contribution is 0.183. The molecule has 2 aromatic rings. The Labute approximate surface area is 106 Å². The van der Waals surface area contributed by atoms with Crippen LogP contribution in [-0.2, 0) is 0 Å². The minimum absolute atomic E-state index is 0.255. The first-order valence-electron chi connectivity index (χ1n) is 5.06. The Bertz CT molecular complexity index is 487. The van der Waals surface area contributed by atoms with E-state index < -0.39 is 6.10 Å². The maximum atomic E-state index is 13.3. The van der Waals surface area contributed by atoms with Crippen LogP contribution < -0.4 is 10.5 Å². The van der Waals surface area contributed by atoms with Crippen LogP contribution in [0.5, 0.6) is 5.75 Å². The van der Waals surface area contributed by atoms with Crippen molar-refractivity contribution in [3.8, 4) is 5.75 Å². The number of hydrogen-bond acceptors (Lipinski definition) is 3. The smallest absolute Gasteiger partial charge is 0.168 e. The maximum absolute atomic E-state index is 13.3. The third-order valence-corrected chi connectivity index (χ3v) is 2.89. The fourth-order valence-corrected chi connectivity index (χ4v) is 1.66. The summed E-state index contributed by atoms with van der Waals surface area (Å²) in [6.45, 7) is 0.255. The molecule has 0 aliphatic carbocycles. The average molecular weight is 300 g/mol. The van der Waals surface area contributed by atoms with Gasteiger partial charge in [0.25, 0.3) is 0 Å². The highest BCUT2D eigenvalue weighted by atomic mass is 79.9. The normalized spacial score (nSPS) is 12.4. The van der Waals surface area contributed by atoms with Crippen molar-refractivity contribution < 1.29 is 13.5 Å². The summed E-state index contributed by atoms with van der Waals surface area (Å²) >= 11 is 3.08. The van der Waals surface area contributed by atoms with E-state index in [2.05, 4.69) is 15.9 Å². The molecule has 1 heterocycles. The van der Waals surface area contributed by atoms with Crippen LogP contribution in [-0.4, -0.2) is 6.54 Å². The Morgan fingerprint density at radius 2 is 2.24 bits per heavy atom. The molecular formula is C12H11BrFNO2. The van der Waals surface area contributed by atoms with E-state index in [0.29, 0.717) is 16.0 Å². The average Bonchev–Trinajstić information content (AvgIpc) is 2.84. The quantitative estimate of drug-likeness (QED) is 0.943. The molecule has 0 radical (unpaired) electrons. The highest BCUT2D eigenvalue weighted by Crippen LogP contribution is 2.25. The molecule has 0 fully saturated rings. The predicted molar refractivity (Wildman–Crippen MR) is 65.2 cm³/mol. The van der Waals surface area contributed by atoms with Crippen LogP contribution in [0.4, 0.5) is 4.39 Å². The van der Waals surface area contributed by atoms with Gasteiger partial charge in [-0.3, -0.25) is 0 Å². The van der Waals surface area contributed by atoms with E-state index in [-0.39, 0.29) is 12.4 Å². The van der Waals surface area contributed by atoms with E-state index in [1.54, 1.807) is 30.5 Å². The third-order valence-electron chi connectivity index (χ3n) is 2.24. The predicted octanol–water partition coefficient (Wildman–Crippen LogP) is 3.26. The number of nitrogens with two attached hydrogens (primary N) is 1. The Balaban J connectivity index is 2.16. The van der Waals surface area contributed by atoms with E-state index in [9.17, 15) is 4.39 Å². The van der Waals surface area contributed by atoms with Crippen LogP contribution in [0.25, 0.3) is 0 Å². The Hall–Kier alpha value is -1.33. The topological polar surface area (TPSA) is 48.4 Å². The van der Waals surface area contributed by atoms with Gasteiger partial charge in [0.05, 0.1) is 10.7 Å². The molecule has 1 aromatic heterocycles. The van der Waals surface area contributed by atoms with Crippen LogP contribution >= 0.6 is 15.9 Å². The van der Waals surface area contributed by atoms with Gasteiger partial charge in [-0.15, -0.1) is 0 Å². The number of halogens is 2. The Morgan fingerprint density at radius 3 is 2.82 bits per heavy atom. The molecular weight excluding hydrogens is 289 g/mol. The van der Waals surface area contributed by atoms with Gasteiger partial charge in [-0.25, -0.2) is 4.39 Å². The highest BCUT2D eigenvalue weighted by molar-refractivity contribution is 9.10. The van der Waals surface area contributed by atoms with Crippen molar-refractivity contribution in [2.45, 2.75) is 6.10 Å². The summed E-state index contributed by atoms with van der Waals surface area (Å²) in [5.41, 5.74) is 5.59. The molecule has 5 heteroatoms. The zero-order valence-electron chi connectivity index (χ0n) is 8.90. The summed E-state index contributed by atoms with van der Waals surface area (Å²) in [6.07, 6.45) is 1.13. The van der Waals surface area contributed by atoms with Gasteiger partial charge >= 0.3 is 0 Å². The lowest BCUT2D eigenvalue weighted by atomic mass is 10.2. The van der Waals surface area contributed by atoms with Crippen molar-refractivity contribution in [3.05, 3.63) is 52.6 Å². The van der Waals surface area contributed by atoms with Gasteiger partial charge in [-0.1, -0.05) is 0 Å². The first-order valence-corrected chi connectivity index (χ1v) is 5.85. The van der Waals surface area contributed by atoms with Crippen LogP contribution in [0.1, 0.15) is 11.9 Å². The molecule has 0 amide bonds. The molecule has 17 heavy (non-hydrogen) atoms. The molecule has 0 aliphatic heterocycles. The first-order chi connectivity index (χ1) is 8.20. The van der Waals surface area contributed by atoms with Crippen molar-refractivity contribution >= 4 is 15.9 Å². The molecule has 0 spiro atoms. The number of hydrogen-bond donors (Lipinski definition) is 1. The highest BCUT2D eigenvalue weighted by Gasteiger charge is 2.14. The van der Waals surface area contributed by atoms with Crippen molar-refractivity contribution in [3.63, 3.8) is 0 Å². The monoisotopic (exact) mass is 299 g/mol. The van der Waals surface area contributed by atoms with Crippen molar-refractivity contribution in [1.29, 1.82) is 0 Å². The van der Waals surface area contributed by atoms with Gasteiger partial charge in [-0.05, 0) is 40.2 Å². The van der Waals surface area contributed by atoms with Gasteiger partial charge in [0, 0.05) is 12.6 Å². The van der Waals surface area contributed by atoms with Crippen molar-refractivity contribution in [1.82, 2.24) is 0 Å². The number of furan rings is 1. The first kappa shape index (κ1) is 12.1. The van der Waals surface area contributed by atoms with Crippen LogP contribution in [0.15, 0.2) is 45.5 Å². The van der Waals surface area contributed by atoms with Gasteiger partial charge in [0.2, 0.25) is 0 Å². The second-order valence-corrected chi connectivity index (χ2v) is 4.29. The zero-order chi connectivity index (χ0) is 12.3. The maximum Gasteiger partial charge on any atom is 0.168 e. The summed E-state index contributed by atoms with van der Waals surface area (Å²) in [5.74, 6) is 0.658. The Kier molecular flexibility index (Phi) is 3.81. The summed E-state index contributed by atoms with van der Waals surface area (Å²) in [7, 11) is 0. The molecule has 1 aromatic carbocycles. The van der Waals surface area contributed by atoms with Gasteiger partial charge in [0.1, 0.15) is 17.3 Å². The zero-order valence-corrected chi connectivity index (χ0v) is 10.5. The molecule has 1 atom stereocenters. The van der Waals surface area contributed by atoms with Gasteiger partial charge < -0.3 is 14.9 Å². The van der Waals surface area contributed by atoms with Gasteiger partial charge in [-0.2, -0.15) is 0 Å². The fourth-order valence-electron chi connectivity index (χ4n) is 1.41. The third kappa shape index (κ3) is 2.87. The van der Waals surface area contributed by atoms with Crippen LogP contribution in [0.3, 0.4) is 0 Å². The van der Waals surface area contributed by atoms with E-state index >= 15 is 0 Å². The second kappa shape index (κ2) is 5.33. The molecule has 0 saturated heterocycles. The summed E-state index contributed by atoms with van der Waals surface area (Å²) in [5, 5.41) is 0. The van der Waals surface area contributed by atoms with E-state index in [0.717, 1.165) is 0 Å². The number of benzene rings is 1. The number of ether oxygens (including phenoxy) is 1. The summed E-state index contributed by atoms with van der Waals surface area (Å²) in [6, 6.07) is 8.07. The van der Waals surface area contributed by atoms with Crippen LogP contribution in [0, 0.1) is 5.82 Å². The minimum atomic E-state index is -0.412. The van der Waals surface area contributed by atoms with Crippen LogP contribution in [0.2, 0.25) is 0 Å². The standard InChI is InChI=1S/C12H11BrFNO2/c13-9-4-3-8(6-10(9)14)17-12(7-15)11-2-1-5-16-11/h1-6,12H,7,15H2. The van der Waals surface area contributed by atoms with E-state index in [4.69, 9.17) is 14.9 Å². The second-order valence-electron chi connectivity index (χ2n) is 3.43. The lowest BCUT2D eigenvalue weighted by Crippen LogP contribution is -2.17. The fraction of sp³-hybridized carbons (Fsp3) is 0.167. The molecule has 0 saturated carbocycles. The van der Waals surface area contributed by atoms with Crippen molar-refractivity contribution in [2.24, 2.45) is 5.73 Å². The minimum Gasteiger partial charge on any atom is -0.481 e. The molecule has 1 unspecified atom stereocenters. The molecule has 2 N–H and O–H groups in total. The molecule has 0 bridgehead atoms. The molecule has 2 rings (SSSR count). The summed E-state index contributed by atoms with van der Waals surface area (Å²) < 4.78 is 24.5. The summed E-state index contributed by atoms with van der Waals surface area (Å²) in [4.78, 5) is 0. The van der Waals surface area contributed by atoms with E-state index in [1.807, 2.05) is 0 Å². The number of rotatable bonds is 4. The Morgan fingerprint density at radius 1 is 1.41 bits per heavy atom. The van der Waals surface area contributed by atoms with Gasteiger partial charge in [0.15, 0.2) is 6.10 Å². The SMILES string of the molecule is NCC(Oc1ccc(Br)c(F)c1)c1ccco1. The molecule has 0 aliphatic rings. The lowest BCUT2D eigenvalue weighted by Gasteiger charge is -2.15. The van der Waals surface area contributed by atoms with E-state index in [1.165, 1.54) is 6.07 Å². The molecule has 90 valence electrons.